The van der Waals surface area contributed by atoms with Gasteiger partial charge in [-0.25, -0.2) is 18.2 Å². The number of nitrogens with zero attached hydrogens (tertiary/aromatic N) is 2. The Labute approximate surface area is 102 Å². The monoisotopic (exact) mass is 256 g/mol. The van der Waals surface area contributed by atoms with Crippen LogP contribution in [0.1, 0.15) is 24.4 Å². The van der Waals surface area contributed by atoms with E-state index in [0.717, 1.165) is 0 Å². The summed E-state index contributed by atoms with van der Waals surface area (Å²) in [4.78, 5) is 3.89. The van der Waals surface area contributed by atoms with E-state index in [9.17, 15) is 18.3 Å². The highest BCUT2D eigenvalue weighted by Crippen LogP contribution is 2.25. The fraction of sp³-hybridized carbons (Fsp3) is 0.250. The quantitative estimate of drug-likeness (QED) is 0.856. The van der Waals surface area contributed by atoms with E-state index in [0.29, 0.717) is 18.7 Å². The van der Waals surface area contributed by atoms with Gasteiger partial charge in [-0.2, -0.15) is 0 Å². The molecule has 2 aromatic rings. The Hall–Kier alpha value is -1.82. The van der Waals surface area contributed by atoms with Crippen LogP contribution in [0.25, 0.3) is 0 Å². The lowest BCUT2D eigenvalue weighted by Gasteiger charge is -2.13. The van der Waals surface area contributed by atoms with Crippen LogP contribution in [-0.2, 0) is 6.54 Å². The lowest BCUT2D eigenvalue weighted by atomic mass is 10.1. The summed E-state index contributed by atoms with van der Waals surface area (Å²) in [5, 5.41) is 9.98. The fourth-order valence-electron chi connectivity index (χ4n) is 1.72. The van der Waals surface area contributed by atoms with Crippen LogP contribution >= 0.6 is 0 Å². The Morgan fingerprint density at radius 2 is 1.89 bits per heavy atom. The SMILES string of the molecule is CCn1ccnc1C(O)c1cc(F)c(F)cc1F. The van der Waals surface area contributed by atoms with Gasteiger partial charge in [0.1, 0.15) is 17.7 Å². The second kappa shape index (κ2) is 4.81. The maximum atomic E-state index is 13.5. The van der Waals surface area contributed by atoms with E-state index in [1.165, 1.54) is 6.20 Å². The number of imidazole rings is 1. The summed E-state index contributed by atoms with van der Waals surface area (Å²) >= 11 is 0. The van der Waals surface area contributed by atoms with Gasteiger partial charge in [0.15, 0.2) is 11.6 Å². The van der Waals surface area contributed by atoms with Gasteiger partial charge in [-0.1, -0.05) is 0 Å². The number of aromatic nitrogens is 2. The van der Waals surface area contributed by atoms with Crippen LogP contribution < -0.4 is 0 Å². The Bertz CT molecular complexity index is 568. The molecule has 0 spiro atoms. The van der Waals surface area contributed by atoms with E-state index < -0.39 is 23.6 Å². The number of benzene rings is 1. The second-order valence-corrected chi connectivity index (χ2v) is 3.76. The van der Waals surface area contributed by atoms with Gasteiger partial charge in [-0.15, -0.1) is 0 Å². The Morgan fingerprint density at radius 1 is 1.22 bits per heavy atom. The molecule has 0 aliphatic carbocycles. The maximum Gasteiger partial charge on any atom is 0.161 e. The maximum absolute atomic E-state index is 13.5. The van der Waals surface area contributed by atoms with Crippen molar-refractivity contribution in [1.82, 2.24) is 9.55 Å². The molecule has 1 atom stereocenters. The van der Waals surface area contributed by atoms with Crippen molar-refractivity contribution in [3.05, 3.63) is 53.4 Å². The van der Waals surface area contributed by atoms with E-state index in [4.69, 9.17) is 0 Å². The molecule has 18 heavy (non-hydrogen) atoms. The molecule has 3 nitrogen and oxygen atoms in total. The predicted molar refractivity (Wildman–Crippen MR) is 58.3 cm³/mol. The molecular formula is C12H11F3N2O. The average Bonchev–Trinajstić information content (AvgIpc) is 2.81. The van der Waals surface area contributed by atoms with Crippen molar-refractivity contribution in [2.75, 3.05) is 0 Å². The predicted octanol–water partition coefficient (Wildman–Crippen LogP) is 2.40. The molecule has 0 fully saturated rings. The minimum absolute atomic E-state index is 0.183. The van der Waals surface area contributed by atoms with Crippen LogP contribution in [0, 0.1) is 17.5 Å². The van der Waals surface area contributed by atoms with E-state index in [1.54, 1.807) is 10.8 Å². The molecule has 0 saturated carbocycles. The summed E-state index contributed by atoms with van der Waals surface area (Å²) in [5.74, 6) is -3.32. The van der Waals surface area contributed by atoms with Gasteiger partial charge in [-0.3, -0.25) is 0 Å². The zero-order valence-electron chi connectivity index (χ0n) is 9.57. The highest BCUT2D eigenvalue weighted by Gasteiger charge is 2.21. The molecule has 1 heterocycles. The molecule has 0 saturated heterocycles. The highest BCUT2D eigenvalue weighted by atomic mass is 19.2. The first-order chi connectivity index (χ1) is 8.54. The van der Waals surface area contributed by atoms with Crippen LogP contribution in [0.4, 0.5) is 13.2 Å². The number of halogens is 3. The van der Waals surface area contributed by atoms with Gasteiger partial charge >= 0.3 is 0 Å². The lowest BCUT2D eigenvalue weighted by molar-refractivity contribution is 0.199. The van der Waals surface area contributed by atoms with Crippen molar-refractivity contribution in [2.24, 2.45) is 0 Å². The van der Waals surface area contributed by atoms with Crippen molar-refractivity contribution in [1.29, 1.82) is 0 Å². The van der Waals surface area contributed by atoms with Crippen molar-refractivity contribution in [2.45, 2.75) is 19.6 Å². The molecule has 1 aromatic heterocycles. The van der Waals surface area contributed by atoms with Crippen molar-refractivity contribution < 1.29 is 18.3 Å². The number of hydrogen-bond donors (Lipinski definition) is 1. The van der Waals surface area contributed by atoms with Crippen LogP contribution in [0.3, 0.4) is 0 Å². The normalized spacial score (nSPS) is 12.7. The molecule has 0 aliphatic heterocycles. The molecular weight excluding hydrogens is 245 g/mol. The first kappa shape index (κ1) is 12.6. The van der Waals surface area contributed by atoms with Crippen LogP contribution in [0.2, 0.25) is 0 Å². The molecule has 1 aromatic carbocycles. The minimum Gasteiger partial charge on any atom is -0.380 e. The van der Waals surface area contributed by atoms with Crippen molar-refractivity contribution >= 4 is 0 Å². The topological polar surface area (TPSA) is 38.0 Å². The highest BCUT2D eigenvalue weighted by molar-refractivity contribution is 5.26. The number of hydrogen-bond acceptors (Lipinski definition) is 2. The Balaban J connectivity index is 2.46. The minimum atomic E-state index is -1.44. The summed E-state index contributed by atoms with van der Waals surface area (Å²) in [6.07, 6.45) is 1.62. The molecule has 0 aliphatic rings. The summed E-state index contributed by atoms with van der Waals surface area (Å²) < 4.78 is 41.0. The van der Waals surface area contributed by atoms with Crippen LogP contribution in [0.15, 0.2) is 24.5 Å². The smallest absolute Gasteiger partial charge is 0.161 e. The average molecular weight is 256 g/mol. The van der Waals surface area contributed by atoms with E-state index in [2.05, 4.69) is 4.98 Å². The second-order valence-electron chi connectivity index (χ2n) is 3.76. The fourth-order valence-corrected chi connectivity index (χ4v) is 1.72. The first-order valence-electron chi connectivity index (χ1n) is 5.38. The number of aliphatic hydroxyl groups is 1. The Morgan fingerprint density at radius 3 is 2.56 bits per heavy atom. The van der Waals surface area contributed by atoms with E-state index in [-0.39, 0.29) is 11.4 Å². The van der Waals surface area contributed by atoms with Gasteiger partial charge in [0.2, 0.25) is 0 Å². The standard InChI is InChI=1S/C12H11F3N2O/c1-2-17-4-3-16-12(17)11(18)7-5-9(14)10(15)6-8(7)13/h3-6,11,18H,2H2,1H3. The summed E-state index contributed by atoms with van der Waals surface area (Å²) in [5.41, 5.74) is -0.338. The summed E-state index contributed by atoms with van der Waals surface area (Å²) in [6, 6.07) is 1.05. The molecule has 0 amide bonds. The number of aryl methyl sites for hydroxylation is 1. The van der Waals surface area contributed by atoms with Gasteiger partial charge in [0.25, 0.3) is 0 Å². The third-order valence-electron chi connectivity index (χ3n) is 2.67. The summed E-state index contributed by atoms with van der Waals surface area (Å²) in [6.45, 7) is 2.34. The van der Waals surface area contributed by atoms with Gasteiger partial charge in [0.05, 0.1) is 0 Å². The van der Waals surface area contributed by atoms with Gasteiger partial charge in [0, 0.05) is 30.6 Å². The molecule has 96 valence electrons. The van der Waals surface area contributed by atoms with E-state index in [1.807, 2.05) is 6.92 Å². The van der Waals surface area contributed by atoms with Crippen LogP contribution in [0.5, 0.6) is 0 Å². The lowest BCUT2D eigenvalue weighted by Crippen LogP contribution is -2.11. The third-order valence-corrected chi connectivity index (χ3v) is 2.67. The Kier molecular flexibility index (Phi) is 3.38. The molecule has 1 N–H and O–H groups in total. The molecule has 0 radical (unpaired) electrons. The van der Waals surface area contributed by atoms with E-state index >= 15 is 0 Å². The van der Waals surface area contributed by atoms with Crippen molar-refractivity contribution in [3.8, 4) is 0 Å². The third kappa shape index (κ3) is 2.11. The van der Waals surface area contributed by atoms with Crippen LogP contribution in [-0.4, -0.2) is 14.7 Å². The van der Waals surface area contributed by atoms with Gasteiger partial charge < -0.3 is 9.67 Å². The zero-order valence-corrected chi connectivity index (χ0v) is 9.57. The number of rotatable bonds is 3. The molecule has 6 heteroatoms. The largest absolute Gasteiger partial charge is 0.380 e. The molecule has 0 bridgehead atoms. The number of aliphatic hydroxyl groups excluding tert-OH is 1. The van der Waals surface area contributed by atoms with Crippen molar-refractivity contribution in [3.63, 3.8) is 0 Å². The zero-order chi connectivity index (χ0) is 13.3. The van der Waals surface area contributed by atoms with Gasteiger partial charge in [-0.05, 0) is 13.0 Å². The molecule has 2 rings (SSSR count). The molecule has 1 unspecified atom stereocenters. The first-order valence-corrected chi connectivity index (χ1v) is 5.38. The summed E-state index contributed by atoms with van der Waals surface area (Å²) in [7, 11) is 0.